The molecular weight excluding hydrogens is 344 g/mol. The molecule has 8 nitrogen and oxygen atoms in total. The van der Waals surface area contributed by atoms with Gasteiger partial charge in [-0.2, -0.15) is 0 Å². The van der Waals surface area contributed by atoms with Crippen molar-refractivity contribution in [2.45, 2.75) is 50.0 Å². The highest BCUT2D eigenvalue weighted by atomic mass is 16.8. The summed E-state index contributed by atoms with van der Waals surface area (Å²) in [4.78, 5) is 12.1. The van der Waals surface area contributed by atoms with E-state index in [0.29, 0.717) is 6.61 Å². The fraction of sp³-hybridized carbons (Fsp3) is 0.611. The maximum atomic E-state index is 12.1. The standard InChI is InChI=1S/C18H24O8/c1-18(17(20)22-3)25-13-12(9-19)24-16(21-2)15(14(13)26-18)23-10-11-7-5-4-6-8-11/h4-8,12-16,19H,9-10H2,1-3H3/t12-,13+,14+,15-,16+,18+/m1/s1. The summed E-state index contributed by atoms with van der Waals surface area (Å²) < 4.78 is 33.5. The lowest BCUT2D eigenvalue weighted by Gasteiger charge is -2.40. The van der Waals surface area contributed by atoms with Crippen LogP contribution in [0.1, 0.15) is 12.5 Å². The summed E-state index contributed by atoms with van der Waals surface area (Å²) in [6.45, 7) is 1.47. The van der Waals surface area contributed by atoms with Crippen LogP contribution in [-0.2, 0) is 39.8 Å². The van der Waals surface area contributed by atoms with Gasteiger partial charge in [-0.05, 0) is 5.56 Å². The van der Waals surface area contributed by atoms with E-state index in [2.05, 4.69) is 0 Å². The van der Waals surface area contributed by atoms with E-state index in [1.165, 1.54) is 21.1 Å². The minimum Gasteiger partial charge on any atom is -0.465 e. The predicted molar refractivity (Wildman–Crippen MR) is 87.9 cm³/mol. The molecule has 144 valence electrons. The topological polar surface area (TPSA) is 92.7 Å². The minimum absolute atomic E-state index is 0.306. The lowest BCUT2D eigenvalue weighted by molar-refractivity contribution is -0.286. The summed E-state index contributed by atoms with van der Waals surface area (Å²) in [6, 6.07) is 9.62. The number of hydrogen-bond acceptors (Lipinski definition) is 8. The van der Waals surface area contributed by atoms with E-state index in [1.807, 2.05) is 30.3 Å². The van der Waals surface area contributed by atoms with Crippen LogP contribution in [0.5, 0.6) is 0 Å². The number of carbonyl (C=O) groups is 1. The largest absolute Gasteiger partial charge is 0.465 e. The van der Waals surface area contributed by atoms with E-state index in [0.717, 1.165) is 5.56 Å². The van der Waals surface area contributed by atoms with E-state index in [-0.39, 0.29) is 6.61 Å². The molecule has 1 N–H and O–H groups in total. The van der Waals surface area contributed by atoms with E-state index in [4.69, 9.17) is 28.4 Å². The number of fused-ring (bicyclic) bond motifs is 1. The van der Waals surface area contributed by atoms with Gasteiger partial charge in [0.05, 0.1) is 20.3 Å². The average molecular weight is 368 g/mol. The number of aliphatic hydroxyl groups excluding tert-OH is 1. The van der Waals surface area contributed by atoms with Gasteiger partial charge in [-0.25, -0.2) is 4.79 Å². The Balaban J connectivity index is 1.81. The van der Waals surface area contributed by atoms with Gasteiger partial charge in [-0.1, -0.05) is 30.3 Å². The van der Waals surface area contributed by atoms with Crippen LogP contribution < -0.4 is 0 Å². The highest BCUT2D eigenvalue weighted by molar-refractivity contribution is 5.77. The average Bonchev–Trinajstić information content (AvgIpc) is 3.04. The summed E-state index contributed by atoms with van der Waals surface area (Å²) in [5, 5.41) is 9.64. The van der Waals surface area contributed by atoms with Gasteiger partial charge in [0.1, 0.15) is 24.4 Å². The normalized spacial score (nSPS) is 36.5. The summed E-state index contributed by atoms with van der Waals surface area (Å²) in [5.41, 5.74) is 0.970. The molecule has 2 heterocycles. The third-order valence-electron chi connectivity index (χ3n) is 4.57. The lowest BCUT2D eigenvalue weighted by Crippen LogP contribution is -2.58. The maximum Gasteiger partial charge on any atom is 0.366 e. The Bertz CT molecular complexity index is 608. The number of benzene rings is 1. The lowest BCUT2D eigenvalue weighted by atomic mass is 9.99. The van der Waals surface area contributed by atoms with Crippen LogP contribution in [0.4, 0.5) is 0 Å². The molecule has 2 aliphatic heterocycles. The molecule has 8 heteroatoms. The Kier molecular flexibility index (Phi) is 5.91. The molecule has 1 aromatic rings. The van der Waals surface area contributed by atoms with Crippen molar-refractivity contribution in [3.8, 4) is 0 Å². The molecule has 0 aromatic heterocycles. The van der Waals surface area contributed by atoms with Gasteiger partial charge in [0.15, 0.2) is 6.29 Å². The van der Waals surface area contributed by atoms with Crippen LogP contribution in [0.2, 0.25) is 0 Å². The second kappa shape index (κ2) is 7.99. The molecule has 0 radical (unpaired) electrons. The summed E-state index contributed by atoms with van der Waals surface area (Å²) in [7, 11) is 2.73. The zero-order valence-electron chi connectivity index (χ0n) is 15.0. The first-order chi connectivity index (χ1) is 12.5. The number of methoxy groups -OCH3 is 2. The van der Waals surface area contributed by atoms with Crippen molar-refractivity contribution in [2.24, 2.45) is 0 Å². The number of hydrogen-bond donors (Lipinski definition) is 1. The molecular formula is C18H24O8. The molecule has 0 saturated carbocycles. The quantitative estimate of drug-likeness (QED) is 0.730. The van der Waals surface area contributed by atoms with Gasteiger partial charge in [-0.15, -0.1) is 0 Å². The molecule has 26 heavy (non-hydrogen) atoms. The van der Waals surface area contributed by atoms with Gasteiger partial charge < -0.3 is 33.5 Å². The first-order valence-electron chi connectivity index (χ1n) is 8.41. The smallest absolute Gasteiger partial charge is 0.366 e. The number of aliphatic hydroxyl groups is 1. The van der Waals surface area contributed by atoms with E-state index in [1.54, 1.807) is 0 Å². The van der Waals surface area contributed by atoms with Crippen LogP contribution in [0.25, 0.3) is 0 Å². The predicted octanol–water partition coefficient (Wildman–Crippen LogP) is 0.609. The van der Waals surface area contributed by atoms with Gasteiger partial charge in [0, 0.05) is 14.0 Å². The van der Waals surface area contributed by atoms with Crippen molar-refractivity contribution >= 4 is 5.97 Å². The van der Waals surface area contributed by atoms with Crippen molar-refractivity contribution in [1.82, 2.24) is 0 Å². The highest BCUT2D eigenvalue weighted by Gasteiger charge is 2.60. The molecule has 2 saturated heterocycles. The van der Waals surface area contributed by atoms with Gasteiger partial charge in [0.25, 0.3) is 5.79 Å². The molecule has 0 unspecified atom stereocenters. The monoisotopic (exact) mass is 368 g/mol. The first kappa shape index (κ1) is 19.2. The van der Waals surface area contributed by atoms with Crippen LogP contribution in [-0.4, -0.2) is 68.4 Å². The fourth-order valence-electron chi connectivity index (χ4n) is 3.26. The van der Waals surface area contributed by atoms with Crippen molar-refractivity contribution in [3.05, 3.63) is 35.9 Å². The third-order valence-corrected chi connectivity index (χ3v) is 4.57. The number of rotatable bonds is 6. The fourth-order valence-corrected chi connectivity index (χ4v) is 3.26. The Hall–Kier alpha value is -1.55. The van der Waals surface area contributed by atoms with Gasteiger partial charge in [0.2, 0.25) is 0 Å². The van der Waals surface area contributed by atoms with Crippen molar-refractivity contribution in [1.29, 1.82) is 0 Å². The second-order valence-electron chi connectivity index (χ2n) is 6.32. The Labute approximate surface area is 151 Å². The van der Waals surface area contributed by atoms with E-state index < -0.39 is 42.5 Å². The van der Waals surface area contributed by atoms with Crippen molar-refractivity contribution in [2.75, 3.05) is 20.8 Å². The second-order valence-corrected chi connectivity index (χ2v) is 6.32. The molecule has 6 atom stereocenters. The van der Waals surface area contributed by atoms with Crippen LogP contribution >= 0.6 is 0 Å². The van der Waals surface area contributed by atoms with Crippen LogP contribution in [0.15, 0.2) is 30.3 Å². The minimum atomic E-state index is -1.60. The molecule has 0 amide bonds. The number of esters is 1. The molecule has 0 aliphatic carbocycles. The van der Waals surface area contributed by atoms with Crippen LogP contribution in [0, 0.1) is 0 Å². The number of ether oxygens (including phenoxy) is 6. The third kappa shape index (κ3) is 3.62. The molecule has 2 fully saturated rings. The van der Waals surface area contributed by atoms with Crippen molar-refractivity contribution < 1.29 is 38.3 Å². The Morgan fingerprint density at radius 3 is 2.50 bits per heavy atom. The summed E-state index contributed by atoms with van der Waals surface area (Å²) >= 11 is 0. The molecule has 0 spiro atoms. The van der Waals surface area contributed by atoms with Gasteiger partial charge >= 0.3 is 5.97 Å². The molecule has 2 aliphatic rings. The first-order valence-corrected chi connectivity index (χ1v) is 8.41. The van der Waals surface area contributed by atoms with Gasteiger partial charge in [-0.3, -0.25) is 0 Å². The van der Waals surface area contributed by atoms with E-state index >= 15 is 0 Å². The summed E-state index contributed by atoms with van der Waals surface area (Å²) in [6.07, 6.45) is -3.51. The zero-order valence-corrected chi connectivity index (χ0v) is 15.0. The highest BCUT2D eigenvalue weighted by Crippen LogP contribution is 2.39. The van der Waals surface area contributed by atoms with Crippen molar-refractivity contribution in [3.63, 3.8) is 0 Å². The maximum absolute atomic E-state index is 12.1. The Morgan fingerprint density at radius 1 is 1.19 bits per heavy atom. The molecule has 1 aromatic carbocycles. The molecule has 0 bridgehead atoms. The van der Waals surface area contributed by atoms with Crippen LogP contribution in [0.3, 0.4) is 0 Å². The molecule has 3 rings (SSSR count). The zero-order chi connectivity index (χ0) is 18.7. The number of carbonyl (C=O) groups excluding carboxylic acids is 1. The SMILES string of the molecule is COC(=O)[C@]1(C)O[C@H]2[C@@H](O1)[C@@H](CO)O[C@H](OC)[C@@H]2OCc1ccccc1. The summed E-state index contributed by atoms with van der Waals surface area (Å²) in [5.74, 6) is -2.27. The Morgan fingerprint density at radius 2 is 1.88 bits per heavy atom. The van der Waals surface area contributed by atoms with E-state index in [9.17, 15) is 9.90 Å².